The molecule has 0 aliphatic carbocycles. The Hall–Kier alpha value is -3.15. The van der Waals surface area contributed by atoms with E-state index < -0.39 is 6.10 Å². The third kappa shape index (κ3) is 4.53. The molecule has 3 rings (SSSR count). The van der Waals surface area contributed by atoms with Crippen molar-refractivity contribution in [1.82, 2.24) is 15.0 Å². The van der Waals surface area contributed by atoms with Crippen molar-refractivity contribution in [3.63, 3.8) is 0 Å². The molecule has 0 spiro atoms. The highest BCUT2D eigenvalue weighted by molar-refractivity contribution is 5.80. The lowest BCUT2D eigenvalue weighted by atomic mass is 10.1. The van der Waals surface area contributed by atoms with Gasteiger partial charge >= 0.3 is 0 Å². The fourth-order valence-electron chi connectivity index (χ4n) is 2.66. The van der Waals surface area contributed by atoms with E-state index in [4.69, 9.17) is 9.26 Å². The molecule has 0 aliphatic rings. The molecule has 140 valence electrons. The Balaban J connectivity index is 1.61. The molecule has 0 N–H and O–H groups in total. The number of amides is 1. The summed E-state index contributed by atoms with van der Waals surface area (Å²) in [7, 11) is 1.69. The van der Waals surface area contributed by atoms with Crippen LogP contribution in [-0.4, -0.2) is 34.1 Å². The highest BCUT2D eigenvalue weighted by Gasteiger charge is 2.21. The van der Waals surface area contributed by atoms with Gasteiger partial charge in [0.25, 0.3) is 5.91 Å². The van der Waals surface area contributed by atoms with Crippen LogP contribution in [-0.2, 0) is 11.3 Å². The minimum absolute atomic E-state index is 0.160. The zero-order chi connectivity index (χ0) is 19.4. The Morgan fingerprint density at radius 1 is 1.15 bits per heavy atom. The zero-order valence-corrected chi connectivity index (χ0v) is 16.0. The van der Waals surface area contributed by atoms with Gasteiger partial charge in [-0.3, -0.25) is 4.79 Å². The van der Waals surface area contributed by atoms with E-state index in [-0.39, 0.29) is 12.5 Å². The first-order chi connectivity index (χ1) is 12.9. The van der Waals surface area contributed by atoms with E-state index in [0.29, 0.717) is 17.5 Å². The molecular weight excluding hydrogens is 342 g/mol. The summed E-state index contributed by atoms with van der Waals surface area (Å²) in [6.45, 7) is 6.01. The van der Waals surface area contributed by atoms with Crippen LogP contribution in [0.4, 0.5) is 0 Å². The Morgan fingerprint density at radius 2 is 1.89 bits per heavy atom. The summed E-state index contributed by atoms with van der Waals surface area (Å²) in [5, 5.41) is 3.97. The number of carbonyl (C=O) groups excluding carboxylic acids is 1. The fourth-order valence-corrected chi connectivity index (χ4v) is 2.66. The molecule has 6 heteroatoms. The van der Waals surface area contributed by atoms with Crippen LogP contribution in [0.15, 0.2) is 53.1 Å². The largest absolute Gasteiger partial charge is 0.481 e. The maximum absolute atomic E-state index is 12.6. The number of aryl methyl sites for hydroxylation is 2. The molecule has 3 aromatic rings. The van der Waals surface area contributed by atoms with Gasteiger partial charge in [0, 0.05) is 12.6 Å². The van der Waals surface area contributed by atoms with Crippen molar-refractivity contribution >= 4 is 5.91 Å². The van der Waals surface area contributed by atoms with Gasteiger partial charge in [-0.15, -0.1) is 0 Å². The van der Waals surface area contributed by atoms with Crippen molar-refractivity contribution in [2.75, 3.05) is 7.05 Å². The molecule has 1 atom stereocenters. The van der Waals surface area contributed by atoms with Crippen molar-refractivity contribution in [2.45, 2.75) is 33.4 Å². The van der Waals surface area contributed by atoms with Crippen LogP contribution in [0, 0.1) is 13.8 Å². The first kappa shape index (κ1) is 18.6. The van der Waals surface area contributed by atoms with Crippen LogP contribution >= 0.6 is 0 Å². The maximum atomic E-state index is 12.6. The van der Waals surface area contributed by atoms with E-state index in [1.165, 1.54) is 10.5 Å². The molecule has 0 fully saturated rings. The molecule has 0 saturated carbocycles. The summed E-state index contributed by atoms with van der Waals surface area (Å²) >= 11 is 0. The minimum atomic E-state index is -0.617. The highest BCUT2D eigenvalue weighted by atomic mass is 16.5. The maximum Gasteiger partial charge on any atom is 0.263 e. The van der Waals surface area contributed by atoms with Gasteiger partial charge < -0.3 is 14.2 Å². The smallest absolute Gasteiger partial charge is 0.263 e. The summed E-state index contributed by atoms with van der Waals surface area (Å²) in [6, 6.07) is 15.3. The topological polar surface area (TPSA) is 68.5 Å². The lowest BCUT2D eigenvalue weighted by molar-refractivity contribution is -0.137. The third-order valence-electron chi connectivity index (χ3n) is 4.39. The van der Waals surface area contributed by atoms with E-state index in [0.717, 1.165) is 11.1 Å². The van der Waals surface area contributed by atoms with Crippen LogP contribution in [0.5, 0.6) is 5.75 Å². The number of carbonyl (C=O) groups is 1. The van der Waals surface area contributed by atoms with Crippen molar-refractivity contribution in [3.8, 4) is 17.1 Å². The highest BCUT2D eigenvalue weighted by Crippen LogP contribution is 2.19. The molecule has 2 aromatic carbocycles. The second-order valence-corrected chi connectivity index (χ2v) is 6.58. The van der Waals surface area contributed by atoms with Crippen LogP contribution in [0.3, 0.4) is 0 Å². The predicted molar refractivity (Wildman–Crippen MR) is 102 cm³/mol. The van der Waals surface area contributed by atoms with Crippen molar-refractivity contribution < 1.29 is 14.1 Å². The number of ether oxygens (including phenoxy) is 1. The van der Waals surface area contributed by atoms with Gasteiger partial charge in [-0.2, -0.15) is 4.98 Å². The second kappa shape index (κ2) is 8.03. The molecule has 27 heavy (non-hydrogen) atoms. The number of rotatable bonds is 6. The lowest BCUT2D eigenvalue weighted by Gasteiger charge is -2.21. The summed E-state index contributed by atoms with van der Waals surface area (Å²) in [4.78, 5) is 18.5. The molecule has 1 amide bonds. The van der Waals surface area contributed by atoms with Gasteiger partial charge in [-0.1, -0.05) is 41.6 Å². The van der Waals surface area contributed by atoms with Crippen molar-refractivity contribution in [1.29, 1.82) is 0 Å². The Morgan fingerprint density at radius 3 is 2.59 bits per heavy atom. The zero-order valence-electron chi connectivity index (χ0n) is 16.0. The van der Waals surface area contributed by atoms with Gasteiger partial charge in [0.1, 0.15) is 5.75 Å². The number of nitrogens with zero attached hydrogens (tertiary/aromatic N) is 3. The number of hydrogen-bond acceptors (Lipinski definition) is 5. The average Bonchev–Trinajstić information content (AvgIpc) is 3.13. The number of hydrogen-bond donors (Lipinski definition) is 0. The Labute approximate surface area is 158 Å². The van der Waals surface area contributed by atoms with E-state index in [9.17, 15) is 4.79 Å². The van der Waals surface area contributed by atoms with Gasteiger partial charge in [0.15, 0.2) is 6.10 Å². The summed E-state index contributed by atoms with van der Waals surface area (Å²) in [5.74, 6) is 1.40. The van der Waals surface area contributed by atoms with Gasteiger partial charge in [-0.05, 0) is 44.0 Å². The van der Waals surface area contributed by atoms with Crippen LogP contribution < -0.4 is 4.74 Å². The molecule has 0 radical (unpaired) electrons. The molecular formula is C21H23N3O3. The third-order valence-corrected chi connectivity index (χ3v) is 4.39. The van der Waals surface area contributed by atoms with Gasteiger partial charge in [-0.25, -0.2) is 0 Å². The molecule has 0 saturated heterocycles. The molecule has 0 bridgehead atoms. The normalized spacial score (nSPS) is 11.9. The standard InChI is InChI=1S/C21H23N3O3/c1-14-10-11-18(12-15(14)2)26-16(3)21(25)24(4)13-19-22-20(23-27-19)17-8-6-5-7-9-17/h5-12,16H,13H2,1-4H3/t16-/m0/s1. The molecule has 1 heterocycles. The van der Waals surface area contributed by atoms with Crippen molar-refractivity contribution in [2.24, 2.45) is 0 Å². The number of likely N-dealkylation sites (N-methyl/N-ethyl adjacent to an activating group) is 1. The van der Waals surface area contributed by atoms with E-state index >= 15 is 0 Å². The fraction of sp³-hybridized carbons (Fsp3) is 0.286. The lowest BCUT2D eigenvalue weighted by Crippen LogP contribution is -2.37. The average molecular weight is 365 g/mol. The molecule has 0 unspecified atom stereocenters. The van der Waals surface area contributed by atoms with E-state index in [2.05, 4.69) is 10.1 Å². The molecule has 0 aliphatic heterocycles. The summed E-state index contributed by atoms with van der Waals surface area (Å²) < 4.78 is 11.1. The van der Waals surface area contributed by atoms with Crippen LogP contribution in [0.25, 0.3) is 11.4 Å². The molecule has 1 aromatic heterocycles. The van der Waals surface area contributed by atoms with E-state index in [1.54, 1.807) is 14.0 Å². The van der Waals surface area contributed by atoms with Crippen molar-refractivity contribution in [3.05, 3.63) is 65.5 Å². The summed E-state index contributed by atoms with van der Waals surface area (Å²) in [6.07, 6.45) is -0.617. The van der Waals surface area contributed by atoms with Crippen LogP contribution in [0.2, 0.25) is 0 Å². The van der Waals surface area contributed by atoms with Gasteiger partial charge in [0.05, 0.1) is 6.54 Å². The summed E-state index contributed by atoms with van der Waals surface area (Å²) in [5.41, 5.74) is 3.18. The quantitative estimate of drug-likeness (QED) is 0.665. The first-order valence-electron chi connectivity index (χ1n) is 8.81. The number of benzene rings is 2. The van der Waals surface area contributed by atoms with Gasteiger partial charge in [0.2, 0.25) is 11.7 Å². The second-order valence-electron chi connectivity index (χ2n) is 6.58. The first-order valence-corrected chi connectivity index (χ1v) is 8.81. The number of aromatic nitrogens is 2. The molecule has 6 nitrogen and oxygen atoms in total. The Kier molecular flexibility index (Phi) is 5.54. The van der Waals surface area contributed by atoms with E-state index in [1.807, 2.05) is 62.4 Å². The SMILES string of the molecule is Cc1ccc(O[C@@H](C)C(=O)N(C)Cc2nc(-c3ccccc3)no2)cc1C. The predicted octanol–water partition coefficient (Wildman–Crippen LogP) is 3.78. The minimum Gasteiger partial charge on any atom is -0.481 e. The van der Waals surface area contributed by atoms with Crippen LogP contribution in [0.1, 0.15) is 23.9 Å². The monoisotopic (exact) mass is 365 g/mol. The Bertz CT molecular complexity index is 921.